The molecule has 4 nitrogen and oxygen atoms in total. The Kier molecular flexibility index (Phi) is 6.47. The molecule has 2 aromatic carbocycles. The Morgan fingerprint density at radius 1 is 1.12 bits per heavy atom. The molecule has 1 unspecified atom stereocenters. The van der Waals surface area contributed by atoms with Crippen molar-refractivity contribution in [2.75, 3.05) is 11.9 Å². The summed E-state index contributed by atoms with van der Waals surface area (Å²) in [4.78, 5) is 12.3. The first-order valence-corrected chi connectivity index (χ1v) is 8.71. The van der Waals surface area contributed by atoms with Crippen molar-refractivity contribution >= 4 is 34.8 Å². The maximum absolute atomic E-state index is 12.3. The molecule has 6 heteroatoms. The fourth-order valence-corrected chi connectivity index (χ4v) is 2.80. The van der Waals surface area contributed by atoms with E-state index in [1.807, 2.05) is 26.8 Å². The number of benzene rings is 2. The number of β-amino-alcohol motifs (C(OH)–C–C–N with tert-alkyl or cyclic N) is 1. The Hall–Kier alpha value is -1.59. The Balaban J connectivity index is 2.15. The van der Waals surface area contributed by atoms with Crippen molar-refractivity contribution in [1.82, 2.24) is 5.32 Å². The summed E-state index contributed by atoms with van der Waals surface area (Å²) in [5.74, 6) is -0.299. The molecule has 0 fully saturated rings. The Bertz CT molecular complexity index is 720. The maximum atomic E-state index is 12.3. The van der Waals surface area contributed by atoms with Gasteiger partial charge in [0.15, 0.2) is 0 Å². The highest BCUT2D eigenvalue weighted by Gasteiger charge is 2.18. The second-order valence-corrected chi connectivity index (χ2v) is 7.64. The van der Waals surface area contributed by atoms with Gasteiger partial charge in [-0.1, -0.05) is 41.4 Å². The van der Waals surface area contributed by atoms with Gasteiger partial charge in [-0.25, -0.2) is 0 Å². The smallest absolute Gasteiger partial charge is 0.255 e. The van der Waals surface area contributed by atoms with Crippen molar-refractivity contribution in [1.29, 1.82) is 0 Å². The molecule has 0 radical (unpaired) electrons. The number of rotatable bonds is 5. The normalized spacial score (nSPS) is 12.7. The maximum Gasteiger partial charge on any atom is 0.255 e. The Morgan fingerprint density at radius 2 is 1.68 bits per heavy atom. The summed E-state index contributed by atoms with van der Waals surface area (Å²) in [6.07, 6.45) is -0.756. The number of carbonyl (C=O) groups excluding carboxylic acids is 1. The summed E-state index contributed by atoms with van der Waals surface area (Å²) >= 11 is 12.5. The topological polar surface area (TPSA) is 61.4 Å². The molecular weight excluding hydrogens is 359 g/mol. The average Bonchev–Trinajstić information content (AvgIpc) is 2.55. The molecule has 0 spiro atoms. The lowest BCUT2D eigenvalue weighted by Gasteiger charge is -2.23. The highest BCUT2D eigenvalue weighted by Crippen LogP contribution is 2.34. The zero-order valence-electron chi connectivity index (χ0n) is 14.4. The van der Waals surface area contributed by atoms with Crippen molar-refractivity contribution in [3.05, 3.63) is 63.6 Å². The highest BCUT2D eigenvalue weighted by atomic mass is 35.5. The summed E-state index contributed by atoms with van der Waals surface area (Å²) in [6.45, 7) is 6.41. The zero-order valence-corrected chi connectivity index (χ0v) is 15.9. The fourth-order valence-electron chi connectivity index (χ4n) is 2.20. The number of aliphatic hydroxyl groups excluding tert-OH is 1. The number of carbonyl (C=O) groups is 1. The highest BCUT2D eigenvalue weighted by molar-refractivity contribution is 6.40. The van der Waals surface area contributed by atoms with E-state index in [1.54, 1.807) is 36.4 Å². The van der Waals surface area contributed by atoms with Gasteiger partial charge in [-0.05, 0) is 50.6 Å². The molecule has 0 bridgehead atoms. The predicted molar refractivity (Wildman–Crippen MR) is 104 cm³/mol. The largest absolute Gasteiger partial charge is 0.387 e. The van der Waals surface area contributed by atoms with Crippen LogP contribution in [0.3, 0.4) is 0 Å². The predicted octanol–water partition coefficient (Wildman–Crippen LogP) is 4.67. The van der Waals surface area contributed by atoms with E-state index in [0.717, 1.165) is 0 Å². The number of hydrogen-bond donors (Lipinski definition) is 3. The number of halogens is 2. The molecular formula is C19H22Cl2N2O2. The van der Waals surface area contributed by atoms with E-state index >= 15 is 0 Å². The van der Waals surface area contributed by atoms with Crippen LogP contribution in [0.5, 0.6) is 0 Å². The summed E-state index contributed by atoms with van der Waals surface area (Å²) in [5, 5.41) is 16.8. The third-order valence-corrected chi connectivity index (χ3v) is 4.15. The molecule has 0 saturated carbocycles. The average molecular weight is 381 g/mol. The van der Waals surface area contributed by atoms with Crippen LogP contribution in [0.2, 0.25) is 10.0 Å². The minimum Gasteiger partial charge on any atom is -0.387 e. The van der Waals surface area contributed by atoms with Crippen LogP contribution in [0, 0.1) is 0 Å². The molecule has 0 aromatic heterocycles. The first kappa shape index (κ1) is 19.7. The number of hydrogen-bond acceptors (Lipinski definition) is 3. The molecule has 1 atom stereocenters. The van der Waals surface area contributed by atoms with Crippen LogP contribution in [0.25, 0.3) is 0 Å². The number of amides is 1. The van der Waals surface area contributed by atoms with Gasteiger partial charge in [-0.15, -0.1) is 0 Å². The third-order valence-electron chi connectivity index (χ3n) is 3.55. The first-order valence-electron chi connectivity index (χ1n) is 7.96. The van der Waals surface area contributed by atoms with Crippen molar-refractivity contribution in [3.8, 4) is 0 Å². The molecule has 2 rings (SSSR count). The molecule has 0 aliphatic carbocycles. The molecule has 25 heavy (non-hydrogen) atoms. The summed E-state index contributed by atoms with van der Waals surface area (Å²) in [7, 11) is 0. The lowest BCUT2D eigenvalue weighted by Crippen LogP contribution is -2.38. The zero-order chi connectivity index (χ0) is 18.6. The quantitative estimate of drug-likeness (QED) is 0.706. The number of aliphatic hydroxyl groups is 1. The van der Waals surface area contributed by atoms with Gasteiger partial charge in [-0.2, -0.15) is 0 Å². The van der Waals surface area contributed by atoms with Crippen LogP contribution in [0.1, 0.15) is 42.8 Å². The van der Waals surface area contributed by atoms with E-state index in [-0.39, 0.29) is 21.5 Å². The lowest BCUT2D eigenvalue weighted by atomic mass is 10.1. The number of anilines is 1. The van der Waals surface area contributed by atoms with Crippen LogP contribution in [-0.4, -0.2) is 23.1 Å². The van der Waals surface area contributed by atoms with Gasteiger partial charge in [0.25, 0.3) is 5.91 Å². The van der Waals surface area contributed by atoms with Gasteiger partial charge < -0.3 is 15.7 Å². The van der Waals surface area contributed by atoms with Crippen LogP contribution >= 0.6 is 23.2 Å². The molecule has 0 aliphatic heterocycles. The van der Waals surface area contributed by atoms with E-state index in [2.05, 4.69) is 10.6 Å². The van der Waals surface area contributed by atoms with Crippen LogP contribution in [0.15, 0.2) is 42.5 Å². The molecule has 134 valence electrons. The minimum absolute atomic E-state index is 0.113. The van der Waals surface area contributed by atoms with Crippen LogP contribution in [0.4, 0.5) is 5.69 Å². The van der Waals surface area contributed by atoms with Crippen molar-refractivity contribution in [2.45, 2.75) is 32.4 Å². The monoisotopic (exact) mass is 380 g/mol. The third kappa shape index (κ3) is 5.72. The van der Waals surface area contributed by atoms with Gasteiger partial charge in [-0.3, -0.25) is 4.79 Å². The molecule has 0 heterocycles. The second kappa shape index (κ2) is 8.19. The standard InChI is InChI=1S/C19H22Cl2N2O2/c1-19(2,3)22-11-16(24)13-9-14(20)17(15(21)10-13)23-18(25)12-7-5-4-6-8-12/h4-10,16,22,24H,11H2,1-3H3,(H,23,25). The van der Waals surface area contributed by atoms with E-state index < -0.39 is 6.10 Å². The van der Waals surface area contributed by atoms with Crippen LogP contribution < -0.4 is 10.6 Å². The molecule has 0 saturated heterocycles. The lowest BCUT2D eigenvalue weighted by molar-refractivity contribution is 0.102. The SMILES string of the molecule is CC(C)(C)NCC(O)c1cc(Cl)c(NC(=O)c2ccccc2)c(Cl)c1. The molecule has 0 aliphatic rings. The van der Waals surface area contributed by atoms with Crippen molar-refractivity contribution in [3.63, 3.8) is 0 Å². The van der Waals surface area contributed by atoms with E-state index in [9.17, 15) is 9.90 Å². The van der Waals surface area contributed by atoms with Gasteiger partial charge in [0.1, 0.15) is 0 Å². The van der Waals surface area contributed by atoms with E-state index in [1.165, 1.54) is 0 Å². The van der Waals surface area contributed by atoms with Gasteiger partial charge in [0, 0.05) is 17.6 Å². The number of nitrogens with one attached hydrogen (secondary N) is 2. The molecule has 2 aromatic rings. The van der Waals surface area contributed by atoms with Crippen molar-refractivity contribution < 1.29 is 9.90 Å². The summed E-state index contributed by atoms with van der Waals surface area (Å²) in [5.41, 5.74) is 1.31. The van der Waals surface area contributed by atoms with Gasteiger partial charge in [0.2, 0.25) is 0 Å². The Morgan fingerprint density at radius 3 is 2.20 bits per heavy atom. The summed E-state index contributed by atoms with van der Waals surface area (Å²) < 4.78 is 0. The first-order chi connectivity index (χ1) is 11.7. The van der Waals surface area contributed by atoms with Crippen LogP contribution in [-0.2, 0) is 0 Å². The second-order valence-electron chi connectivity index (χ2n) is 6.83. The summed E-state index contributed by atoms with van der Waals surface area (Å²) in [6, 6.07) is 12.0. The fraction of sp³-hybridized carbons (Fsp3) is 0.316. The minimum atomic E-state index is -0.756. The molecule has 1 amide bonds. The van der Waals surface area contributed by atoms with E-state index in [4.69, 9.17) is 23.2 Å². The molecule has 3 N–H and O–H groups in total. The van der Waals surface area contributed by atoms with Gasteiger partial charge >= 0.3 is 0 Å². The van der Waals surface area contributed by atoms with E-state index in [0.29, 0.717) is 23.4 Å². The van der Waals surface area contributed by atoms with Gasteiger partial charge in [0.05, 0.1) is 21.8 Å². The van der Waals surface area contributed by atoms with Crippen molar-refractivity contribution in [2.24, 2.45) is 0 Å². The Labute approximate surface area is 158 Å².